The second-order valence-corrected chi connectivity index (χ2v) is 4.60. The molecule has 1 heterocycles. The summed E-state index contributed by atoms with van der Waals surface area (Å²) in [6, 6.07) is 7.13. The van der Waals surface area contributed by atoms with Gasteiger partial charge in [0.2, 0.25) is 0 Å². The van der Waals surface area contributed by atoms with Crippen LogP contribution in [0.4, 0.5) is 0 Å². The van der Waals surface area contributed by atoms with Crippen LogP contribution in [0.5, 0.6) is 5.75 Å². The van der Waals surface area contributed by atoms with Crippen molar-refractivity contribution < 1.29 is 4.74 Å². The number of ether oxygens (including phenoxy) is 1. The molecule has 1 aromatic carbocycles. The Balaban J connectivity index is 1.96. The van der Waals surface area contributed by atoms with Gasteiger partial charge < -0.3 is 10.1 Å². The van der Waals surface area contributed by atoms with Crippen LogP contribution in [-0.4, -0.2) is 13.7 Å². The minimum absolute atomic E-state index is 0.611. The maximum atomic E-state index is 5.27. The normalized spacial score (nSPS) is 28.3. The molecule has 0 amide bonds. The van der Waals surface area contributed by atoms with Gasteiger partial charge in [-0.15, -0.1) is 0 Å². The average molecular weight is 203 g/mol. The second kappa shape index (κ2) is 3.53. The van der Waals surface area contributed by atoms with Gasteiger partial charge in [0.25, 0.3) is 0 Å². The standard InChI is InChI=1S/C13H17NO/c1-15-11-4-5-12-10(8-11)7-9-3-2-6-14-13(9)12/h4-5,8-9,13-14H,2-3,6-7H2,1H3. The van der Waals surface area contributed by atoms with E-state index in [9.17, 15) is 0 Å². The third-order valence-electron chi connectivity index (χ3n) is 3.75. The Morgan fingerprint density at radius 3 is 3.20 bits per heavy atom. The first-order valence-corrected chi connectivity index (χ1v) is 5.78. The van der Waals surface area contributed by atoms with Gasteiger partial charge in [-0.25, -0.2) is 0 Å². The van der Waals surface area contributed by atoms with Crippen molar-refractivity contribution in [1.29, 1.82) is 0 Å². The van der Waals surface area contributed by atoms with E-state index in [0.29, 0.717) is 6.04 Å². The van der Waals surface area contributed by atoms with E-state index < -0.39 is 0 Å². The SMILES string of the molecule is COc1ccc2c(c1)CC1CCCNC21. The molecule has 1 aliphatic carbocycles. The highest BCUT2D eigenvalue weighted by molar-refractivity contribution is 5.41. The van der Waals surface area contributed by atoms with Crippen molar-refractivity contribution in [2.24, 2.45) is 5.92 Å². The molecule has 80 valence electrons. The monoisotopic (exact) mass is 203 g/mol. The molecule has 1 saturated heterocycles. The molecule has 0 saturated carbocycles. The Labute approximate surface area is 90.6 Å². The zero-order chi connectivity index (χ0) is 10.3. The van der Waals surface area contributed by atoms with Gasteiger partial charge in [-0.3, -0.25) is 0 Å². The maximum Gasteiger partial charge on any atom is 0.119 e. The van der Waals surface area contributed by atoms with Gasteiger partial charge in [0, 0.05) is 6.04 Å². The van der Waals surface area contributed by atoms with Crippen LogP contribution in [0.25, 0.3) is 0 Å². The topological polar surface area (TPSA) is 21.3 Å². The first-order valence-electron chi connectivity index (χ1n) is 5.78. The number of hydrogen-bond acceptors (Lipinski definition) is 2. The smallest absolute Gasteiger partial charge is 0.119 e. The summed E-state index contributed by atoms with van der Waals surface area (Å²) in [6.07, 6.45) is 3.92. The van der Waals surface area contributed by atoms with Crippen molar-refractivity contribution >= 4 is 0 Å². The van der Waals surface area contributed by atoms with E-state index >= 15 is 0 Å². The highest BCUT2D eigenvalue weighted by Crippen LogP contribution is 2.41. The number of piperidine rings is 1. The minimum atomic E-state index is 0.611. The molecule has 3 rings (SSSR count). The molecule has 0 bridgehead atoms. The van der Waals surface area contributed by atoms with E-state index in [-0.39, 0.29) is 0 Å². The molecule has 15 heavy (non-hydrogen) atoms. The molecule has 1 aromatic rings. The first kappa shape index (κ1) is 9.22. The number of methoxy groups -OCH3 is 1. The van der Waals surface area contributed by atoms with E-state index in [1.165, 1.54) is 36.9 Å². The van der Waals surface area contributed by atoms with E-state index in [1.807, 2.05) is 0 Å². The lowest BCUT2D eigenvalue weighted by atomic mass is 9.92. The Morgan fingerprint density at radius 2 is 2.33 bits per heavy atom. The van der Waals surface area contributed by atoms with Crippen LogP contribution in [0.15, 0.2) is 18.2 Å². The lowest BCUT2D eigenvalue weighted by Gasteiger charge is -2.27. The Bertz CT molecular complexity index is 375. The molecule has 1 N–H and O–H groups in total. The van der Waals surface area contributed by atoms with Crippen LogP contribution in [-0.2, 0) is 6.42 Å². The number of nitrogens with one attached hydrogen (secondary N) is 1. The summed E-state index contributed by atoms with van der Waals surface area (Å²) in [5.74, 6) is 1.81. The van der Waals surface area contributed by atoms with Gasteiger partial charge in [-0.1, -0.05) is 6.07 Å². The molecule has 1 fully saturated rings. The molecule has 2 aliphatic rings. The van der Waals surface area contributed by atoms with Gasteiger partial charge in [0.05, 0.1) is 7.11 Å². The molecular formula is C13H17NO. The lowest BCUT2D eigenvalue weighted by molar-refractivity contribution is 0.307. The number of rotatable bonds is 1. The van der Waals surface area contributed by atoms with Crippen molar-refractivity contribution in [2.45, 2.75) is 25.3 Å². The highest BCUT2D eigenvalue weighted by atomic mass is 16.5. The largest absolute Gasteiger partial charge is 0.497 e. The third-order valence-corrected chi connectivity index (χ3v) is 3.75. The summed E-state index contributed by atoms with van der Waals surface area (Å²) in [6.45, 7) is 1.17. The molecule has 1 aliphatic heterocycles. The Morgan fingerprint density at radius 1 is 1.40 bits per heavy atom. The van der Waals surface area contributed by atoms with Crippen molar-refractivity contribution in [1.82, 2.24) is 5.32 Å². The molecular weight excluding hydrogens is 186 g/mol. The van der Waals surface area contributed by atoms with Crippen molar-refractivity contribution in [2.75, 3.05) is 13.7 Å². The summed E-state index contributed by atoms with van der Waals surface area (Å²) in [7, 11) is 1.74. The molecule has 2 unspecified atom stereocenters. The zero-order valence-electron chi connectivity index (χ0n) is 9.12. The van der Waals surface area contributed by atoms with E-state index in [1.54, 1.807) is 7.11 Å². The average Bonchev–Trinajstić information content (AvgIpc) is 2.66. The quantitative estimate of drug-likeness (QED) is 0.756. The van der Waals surface area contributed by atoms with Gasteiger partial charge in [-0.2, -0.15) is 0 Å². The number of hydrogen-bond donors (Lipinski definition) is 1. The maximum absolute atomic E-state index is 5.27. The fraction of sp³-hybridized carbons (Fsp3) is 0.538. The molecule has 2 nitrogen and oxygen atoms in total. The van der Waals surface area contributed by atoms with Crippen molar-refractivity contribution in [3.8, 4) is 5.75 Å². The lowest BCUT2D eigenvalue weighted by Crippen LogP contribution is -2.31. The summed E-state index contributed by atoms with van der Waals surface area (Å²) in [5, 5.41) is 3.63. The first-order chi connectivity index (χ1) is 7.38. The van der Waals surface area contributed by atoms with Crippen LogP contribution in [0, 0.1) is 5.92 Å². The molecule has 0 aromatic heterocycles. The number of benzene rings is 1. The highest BCUT2D eigenvalue weighted by Gasteiger charge is 2.33. The van der Waals surface area contributed by atoms with Gasteiger partial charge in [-0.05, 0) is 55.0 Å². The molecule has 0 radical (unpaired) electrons. The summed E-state index contributed by atoms with van der Waals surface area (Å²) in [4.78, 5) is 0. The van der Waals surface area contributed by atoms with Gasteiger partial charge in [0.1, 0.15) is 5.75 Å². The third kappa shape index (κ3) is 1.44. The van der Waals surface area contributed by atoms with E-state index in [2.05, 4.69) is 23.5 Å². The predicted molar refractivity (Wildman–Crippen MR) is 60.2 cm³/mol. The minimum Gasteiger partial charge on any atom is -0.497 e. The summed E-state index contributed by atoms with van der Waals surface area (Å²) < 4.78 is 5.27. The van der Waals surface area contributed by atoms with E-state index in [0.717, 1.165) is 11.7 Å². The fourth-order valence-electron chi connectivity index (χ4n) is 3.01. The van der Waals surface area contributed by atoms with Crippen LogP contribution in [0.3, 0.4) is 0 Å². The molecule has 2 atom stereocenters. The predicted octanol–water partition coefficient (Wildman–Crippen LogP) is 2.29. The van der Waals surface area contributed by atoms with Crippen molar-refractivity contribution in [3.05, 3.63) is 29.3 Å². The second-order valence-electron chi connectivity index (χ2n) is 4.60. The van der Waals surface area contributed by atoms with Crippen LogP contribution in [0.2, 0.25) is 0 Å². The Kier molecular flexibility index (Phi) is 2.17. The molecule has 0 spiro atoms. The van der Waals surface area contributed by atoms with Crippen molar-refractivity contribution in [3.63, 3.8) is 0 Å². The van der Waals surface area contributed by atoms with Crippen LogP contribution < -0.4 is 10.1 Å². The van der Waals surface area contributed by atoms with Gasteiger partial charge in [0.15, 0.2) is 0 Å². The van der Waals surface area contributed by atoms with Crippen LogP contribution in [0.1, 0.15) is 30.0 Å². The summed E-state index contributed by atoms with van der Waals surface area (Å²) >= 11 is 0. The molecule has 2 heteroatoms. The summed E-state index contributed by atoms with van der Waals surface area (Å²) in [5.41, 5.74) is 2.99. The van der Waals surface area contributed by atoms with E-state index in [4.69, 9.17) is 4.74 Å². The number of fused-ring (bicyclic) bond motifs is 3. The van der Waals surface area contributed by atoms with Crippen LogP contribution >= 0.6 is 0 Å². The zero-order valence-corrected chi connectivity index (χ0v) is 9.12. The van der Waals surface area contributed by atoms with Gasteiger partial charge >= 0.3 is 0 Å². The fourth-order valence-corrected chi connectivity index (χ4v) is 3.01. The Hall–Kier alpha value is -1.02.